The molecule has 0 aromatic heterocycles. The molecule has 1 aliphatic rings. The second-order valence-electron chi connectivity index (χ2n) is 6.11. The third-order valence-corrected chi connectivity index (χ3v) is 5.68. The van der Waals surface area contributed by atoms with Crippen LogP contribution in [0.2, 0.25) is 0 Å². The van der Waals surface area contributed by atoms with Crippen LogP contribution >= 0.6 is 12.2 Å². The zero-order valence-electron chi connectivity index (χ0n) is 14.4. The molecular weight excluding hydrogens is 389 g/mol. The maximum atomic E-state index is 12.9. The van der Waals surface area contributed by atoms with Crippen molar-refractivity contribution in [3.8, 4) is 0 Å². The molecule has 1 fully saturated rings. The van der Waals surface area contributed by atoms with E-state index in [1.54, 1.807) is 24.3 Å². The lowest BCUT2D eigenvalue weighted by Crippen LogP contribution is -2.34. The van der Waals surface area contributed by atoms with E-state index in [0.29, 0.717) is 17.3 Å². The summed E-state index contributed by atoms with van der Waals surface area (Å²) >= 11 is 5.25. The number of hydrogen-bond acceptors (Lipinski definition) is 4. The topological polar surface area (TPSA) is 79.5 Å². The Labute approximate surface area is 163 Å². The van der Waals surface area contributed by atoms with Crippen molar-refractivity contribution >= 4 is 38.7 Å². The van der Waals surface area contributed by atoms with Gasteiger partial charge in [0.15, 0.2) is 5.11 Å². The number of benzene rings is 2. The van der Waals surface area contributed by atoms with Crippen LogP contribution < -0.4 is 15.4 Å². The number of thiocarbonyl (C=S) groups is 1. The Hall–Kier alpha value is -2.23. The van der Waals surface area contributed by atoms with Gasteiger partial charge in [0, 0.05) is 24.5 Å². The van der Waals surface area contributed by atoms with Crippen LogP contribution in [0.15, 0.2) is 53.4 Å². The third kappa shape index (κ3) is 5.62. The number of rotatable bonds is 6. The Bertz CT molecular complexity index is 881. The van der Waals surface area contributed by atoms with Crippen LogP contribution in [0.5, 0.6) is 0 Å². The van der Waals surface area contributed by atoms with Crippen LogP contribution in [-0.2, 0) is 14.8 Å². The molecule has 0 spiro atoms. The third-order valence-electron chi connectivity index (χ3n) is 4.03. The summed E-state index contributed by atoms with van der Waals surface area (Å²) in [6.07, 6.45) is 2.29. The van der Waals surface area contributed by atoms with Gasteiger partial charge in [0.1, 0.15) is 5.82 Å². The number of ether oxygens (including phenoxy) is 1. The van der Waals surface area contributed by atoms with Crippen molar-refractivity contribution in [2.75, 3.05) is 23.2 Å². The van der Waals surface area contributed by atoms with E-state index in [2.05, 4.69) is 15.4 Å². The first kappa shape index (κ1) is 19.5. The number of nitrogens with one attached hydrogen (secondary N) is 3. The van der Waals surface area contributed by atoms with Gasteiger partial charge in [0.05, 0.1) is 11.0 Å². The molecule has 1 atom stereocenters. The summed E-state index contributed by atoms with van der Waals surface area (Å²) in [5, 5.41) is 6.62. The van der Waals surface area contributed by atoms with E-state index in [0.717, 1.165) is 37.3 Å². The largest absolute Gasteiger partial charge is 0.376 e. The second kappa shape index (κ2) is 8.64. The molecule has 0 saturated carbocycles. The smallest absolute Gasteiger partial charge is 0.261 e. The maximum Gasteiger partial charge on any atom is 0.261 e. The summed E-state index contributed by atoms with van der Waals surface area (Å²) in [6, 6.07) is 11.3. The predicted molar refractivity (Wildman–Crippen MR) is 107 cm³/mol. The lowest BCUT2D eigenvalue weighted by Gasteiger charge is -2.14. The molecule has 6 nitrogen and oxygen atoms in total. The highest BCUT2D eigenvalue weighted by Gasteiger charge is 2.16. The Morgan fingerprint density at radius 3 is 2.41 bits per heavy atom. The fraction of sp³-hybridized carbons (Fsp3) is 0.278. The van der Waals surface area contributed by atoms with Crippen molar-refractivity contribution in [1.82, 2.24) is 5.32 Å². The van der Waals surface area contributed by atoms with E-state index in [1.165, 1.54) is 12.1 Å². The lowest BCUT2D eigenvalue weighted by molar-refractivity contribution is 0.114. The first-order valence-corrected chi connectivity index (χ1v) is 10.4. The Morgan fingerprint density at radius 2 is 1.78 bits per heavy atom. The fourth-order valence-corrected chi connectivity index (χ4v) is 3.90. The molecule has 9 heteroatoms. The summed E-state index contributed by atoms with van der Waals surface area (Å²) in [6.45, 7) is 1.45. The minimum Gasteiger partial charge on any atom is -0.376 e. The summed E-state index contributed by atoms with van der Waals surface area (Å²) in [5.74, 6) is -0.492. The molecule has 3 N–H and O–H groups in total. The van der Waals surface area contributed by atoms with E-state index in [9.17, 15) is 12.8 Å². The normalized spacial score (nSPS) is 16.7. The van der Waals surface area contributed by atoms with Crippen LogP contribution in [0.1, 0.15) is 12.8 Å². The van der Waals surface area contributed by atoms with Crippen LogP contribution in [0, 0.1) is 5.82 Å². The number of hydrogen-bond donors (Lipinski definition) is 3. The molecule has 0 amide bonds. The average molecular weight is 410 g/mol. The molecule has 144 valence electrons. The molecule has 27 heavy (non-hydrogen) atoms. The van der Waals surface area contributed by atoms with Crippen molar-refractivity contribution in [1.29, 1.82) is 0 Å². The average Bonchev–Trinajstić information content (AvgIpc) is 3.15. The molecule has 0 bridgehead atoms. The van der Waals surface area contributed by atoms with Gasteiger partial charge in [-0.1, -0.05) is 0 Å². The molecule has 2 aromatic rings. The zero-order valence-corrected chi connectivity index (χ0v) is 16.1. The van der Waals surface area contributed by atoms with Gasteiger partial charge in [-0.05, 0) is 73.6 Å². The van der Waals surface area contributed by atoms with E-state index in [4.69, 9.17) is 17.0 Å². The molecule has 1 heterocycles. The van der Waals surface area contributed by atoms with Crippen LogP contribution in [0.25, 0.3) is 0 Å². The van der Waals surface area contributed by atoms with Crippen molar-refractivity contribution in [3.05, 3.63) is 54.3 Å². The molecular formula is C18H20FN3O3S2. The summed E-state index contributed by atoms with van der Waals surface area (Å²) in [4.78, 5) is -0.00869. The molecule has 3 rings (SSSR count). The zero-order chi connectivity index (χ0) is 19.3. The van der Waals surface area contributed by atoms with Crippen molar-refractivity contribution in [3.63, 3.8) is 0 Å². The van der Waals surface area contributed by atoms with E-state index in [-0.39, 0.29) is 11.0 Å². The highest BCUT2D eigenvalue weighted by atomic mass is 32.2. The highest BCUT2D eigenvalue weighted by Crippen LogP contribution is 2.19. The number of sulfonamides is 1. The molecule has 2 aromatic carbocycles. The van der Waals surface area contributed by atoms with E-state index >= 15 is 0 Å². The van der Waals surface area contributed by atoms with Crippen molar-refractivity contribution in [2.45, 2.75) is 23.8 Å². The highest BCUT2D eigenvalue weighted by molar-refractivity contribution is 7.92. The standard InChI is InChI=1S/C18H20FN3O3S2/c19-13-3-9-17(10-4-13)27(23,24)22-15-7-5-14(6-8-15)21-18(26)20-12-16-2-1-11-25-16/h3-10,16,22H,1-2,11-12H2,(H2,20,21,26)/t16-/m1/s1. The van der Waals surface area contributed by atoms with Crippen molar-refractivity contribution < 1.29 is 17.5 Å². The van der Waals surface area contributed by atoms with E-state index < -0.39 is 15.8 Å². The molecule has 1 saturated heterocycles. The fourth-order valence-electron chi connectivity index (χ4n) is 2.64. The van der Waals surface area contributed by atoms with Gasteiger partial charge in [0.25, 0.3) is 10.0 Å². The first-order chi connectivity index (χ1) is 12.9. The summed E-state index contributed by atoms with van der Waals surface area (Å²) < 4.78 is 45.5. The second-order valence-corrected chi connectivity index (χ2v) is 8.20. The van der Waals surface area contributed by atoms with Gasteiger partial charge in [-0.15, -0.1) is 0 Å². The van der Waals surface area contributed by atoms with Crippen LogP contribution in [-0.4, -0.2) is 32.8 Å². The van der Waals surface area contributed by atoms with Crippen LogP contribution in [0.4, 0.5) is 15.8 Å². The Balaban J connectivity index is 1.54. The Morgan fingerprint density at radius 1 is 1.11 bits per heavy atom. The SMILES string of the molecule is O=S(=O)(Nc1ccc(NC(=S)NC[C@H]2CCCO2)cc1)c1ccc(F)cc1. The molecule has 0 radical (unpaired) electrons. The molecule has 0 aliphatic carbocycles. The van der Waals surface area contributed by atoms with Gasteiger partial charge in [-0.3, -0.25) is 4.72 Å². The van der Waals surface area contributed by atoms with Crippen molar-refractivity contribution in [2.24, 2.45) is 0 Å². The molecule has 0 unspecified atom stereocenters. The van der Waals surface area contributed by atoms with Gasteiger partial charge in [-0.2, -0.15) is 0 Å². The van der Waals surface area contributed by atoms with Gasteiger partial charge < -0.3 is 15.4 Å². The van der Waals surface area contributed by atoms with Gasteiger partial charge in [0.2, 0.25) is 0 Å². The minimum absolute atomic E-state index is 0.00869. The van der Waals surface area contributed by atoms with E-state index in [1.807, 2.05) is 0 Å². The van der Waals surface area contributed by atoms with Crippen LogP contribution in [0.3, 0.4) is 0 Å². The summed E-state index contributed by atoms with van der Waals surface area (Å²) in [7, 11) is -3.77. The predicted octanol–water partition coefficient (Wildman–Crippen LogP) is 3.09. The van der Waals surface area contributed by atoms with Gasteiger partial charge >= 0.3 is 0 Å². The lowest BCUT2D eigenvalue weighted by atomic mass is 10.2. The summed E-state index contributed by atoms with van der Waals surface area (Å²) in [5.41, 5.74) is 1.12. The number of anilines is 2. The Kier molecular flexibility index (Phi) is 6.25. The number of halogens is 1. The van der Waals surface area contributed by atoms with Gasteiger partial charge in [-0.25, -0.2) is 12.8 Å². The first-order valence-electron chi connectivity index (χ1n) is 8.47. The minimum atomic E-state index is -3.77. The maximum absolute atomic E-state index is 12.9. The molecule has 1 aliphatic heterocycles. The monoisotopic (exact) mass is 409 g/mol. The quantitative estimate of drug-likeness (QED) is 0.637.